The average Bonchev–Trinajstić information content (AvgIpc) is 2.62. The lowest BCUT2D eigenvalue weighted by molar-refractivity contribution is 0.410. The normalized spacial score (nSPS) is 15.3. The first-order valence-corrected chi connectivity index (χ1v) is 8.39. The minimum absolute atomic E-state index is 0.187. The number of methoxy groups -OCH3 is 1. The van der Waals surface area contributed by atoms with Gasteiger partial charge in [-0.1, -0.05) is 36.4 Å². The molecule has 3 heteroatoms. The Labute approximate surface area is 140 Å². The molecule has 1 aliphatic rings. The quantitative estimate of drug-likeness (QED) is 0.618. The molecule has 0 saturated carbocycles. The molecule has 1 heterocycles. The highest BCUT2D eigenvalue weighted by molar-refractivity contribution is 7.99. The molecule has 4 rings (SSSR count). The number of ether oxygens (including phenoxy) is 2. The SMILES string of the molecule is COc1ccc2c(c1)C(Sc1ccccc1)c1ccccc1O2. The predicted octanol–water partition coefficient (Wildman–Crippen LogP) is 5.68. The Morgan fingerprint density at radius 3 is 2.39 bits per heavy atom. The first kappa shape index (κ1) is 14.2. The largest absolute Gasteiger partial charge is 0.497 e. The number of hydrogen-bond acceptors (Lipinski definition) is 3. The number of thioether (sulfide) groups is 1. The lowest BCUT2D eigenvalue weighted by atomic mass is 9.99. The standard InChI is InChI=1S/C20H16O2S/c1-21-14-11-12-19-17(13-14)20(23-15-7-3-2-4-8-15)16-9-5-6-10-18(16)22-19/h2-13,20H,1H3. The van der Waals surface area contributed by atoms with E-state index in [0.717, 1.165) is 22.8 Å². The second-order valence-electron chi connectivity index (χ2n) is 5.35. The Balaban J connectivity index is 1.82. The maximum atomic E-state index is 6.08. The van der Waals surface area contributed by atoms with Crippen molar-refractivity contribution in [1.82, 2.24) is 0 Å². The van der Waals surface area contributed by atoms with Crippen LogP contribution in [0.2, 0.25) is 0 Å². The van der Waals surface area contributed by atoms with Crippen LogP contribution < -0.4 is 9.47 Å². The van der Waals surface area contributed by atoms with Gasteiger partial charge in [-0.3, -0.25) is 0 Å². The molecule has 3 aromatic rings. The van der Waals surface area contributed by atoms with Gasteiger partial charge in [0.15, 0.2) is 0 Å². The summed E-state index contributed by atoms with van der Waals surface area (Å²) in [5.74, 6) is 2.68. The number of hydrogen-bond donors (Lipinski definition) is 0. The van der Waals surface area contributed by atoms with E-state index in [1.54, 1.807) is 7.11 Å². The molecule has 114 valence electrons. The van der Waals surface area contributed by atoms with Crippen LogP contribution in [0, 0.1) is 0 Å². The topological polar surface area (TPSA) is 18.5 Å². The van der Waals surface area contributed by atoms with Crippen LogP contribution >= 0.6 is 11.8 Å². The van der Waals surface area contributed by atoms with Gasteiger partial charge in [-0.05, 0) is 36.4 Å². The van der Waals surface area contributed by atoms with Gasteiger partial charge in [-0.25, -0.2) is 0 Å². The molecule has 0 spiro atoms. The molecule has 0 radical (unpaired) electrons. The number of para-hydroxylation sites is 1. The van der Waals surface area contributed by atoms with Crippen LogP contribution in [0.1, 0.15) is 16.4 Å². The van der Waals surface area contributed by atoms with Gasteiger partial charge in [-0.15, -0.1) is 11.8 Å². The van der Waals surface area contributed by atoms with E-state index in [2.05, 4.69) is 42.5 Å². The molecule has 0 N–H and O–H groups in total. The van der Waals surface area contributed by atoms with E-state index in [4.69, 9.17) is 9.47 Å². The molecule has 1 aliphatic heterocycles. The fraction of sp³-hybridized carbons (Fsp3) is 0.100. The fourth-order valence-corrected chi connectivity index (χ4v) is 4.01. The Kier molecular flexibility index (Phi) is 3.72. The summed E-state index contributed by atoms with van der Waals surface area (Å²) in [6.45, 7) is 0. The summed E-state index contributed by atoms with van der Waals surface area (Å²) in [6.07, 6.45) is 0. The maximum absolute atomic E-state index is 6.08. The fourth-order valence-electron chi connectivity index (χ4n) is 2.79. The molecular formula is C20H16O2S. The molecule has 1 atom stereocenters. The highest BCUT2D eigenvalue weighted by Crippen LogP contribution is 2.52. The molecule has 2 nitrogen and oxygen atoms in total. The summed E-state index contributed by atoms with van der Waals surface area (Å²) in [4.78, 5) is 1.24. The molecule has 0 amide bonds. The van der Waals surface area contributed by atoms with Crippen LogP contribution in [0.15, 0.2) is 77.7 Å². The van der Waals surface area contributed by atoms with E-state index in [9.17, 15) is 0 Å². The zero-order valence-corrected chi connectivity index (χ0v) is 13.5. The lowest BCUT2D eigenvalue weighted by Crippen LogP contribution is -2.07. The summed E-state index contributed by atoms with van der Waals surface area (Å²) in [5.41, 5.74) is 2.35. The average molecular weight is 320 g/mol. The van der Waals surface area contributed by atoms with E-state index >= 15 is 0 Å². The van der Waals surface area contributed by atoms with Gasteiger partial charge in [-0.2, -0.15) is 0 Å². The third-order valence-corrected chi connectivity index (χ3v) is 5.21. The molecule has 3 aromatic carbocycles. The van der Waals surface area contributed by atoms with Gasteiger partial charge in [0.1, 0.15) is 17.2 Å². The summed E-state index contributed by atoms with van der Waals surface area (Å²) in [6, 6.07) is 24.7. The van der Waals surface area contributed by atoms with Crippen molar-refractivity contribution >= 4 is 11.8 Å². The molecule has 0 fully saturated rings. The molecule has 0 aliphatic carbocycles. The minimum Gasteiger partial charge on any atom is -0.497 e. The smallest absolute Gasteiger partial charge is 0.132 e. The monoisotopic (exact) mass is 320 g/mol. The molecule has 0 aromatic heterocycles. The van der Waals surface area contributed by atoms with Crippen LogP contribution in [0.5, 0.6) is 17.2 Å². The Hall–Kier alpha value is -2.39. The van der Waals surface area contributed by atoms with Crippen LogP contribution in [-0.2, 0) is 0 Å². The van der Waals surface area contributed by atoms with Gasteiger partial charge in [0.05, 0.1) is 12.4 Å². The third-order valence-electron chi connectivity index (χ3n) is 3.92. The minimum atomic E-state index is 0.187. The second kappa shape index (κ2) is 6.01. The molecule has 23 heavy (non-hydrogen) atoms. The Bertz CT molecular complexity index is 830. The summed E-state index contributed by atoms with van der Waals surface area (Å²) in [5, 5.41) is 0.187. The van der Waals surface area contributed by atoms with E-state index in [1.165, 1.54) is 10.5 Å². The molecule has 0 saturated heterocycles. The predicted molar refractivity (Wildman–Crippen MR) is 93.7 cm³/mol. The number of rotatable bonds is 3. The zero-order valence-electron chi connectivity index (χ0n) is 12.7. The highest BCUT2D eigenvalue weighted by Gasteiger charge is 2.28. The van der Waals surface area contributed by atoms with Crippen molar-refractivity contribution < 1.29 is 9.47 Å². The van der Waals surface area contributed by atoms with E-state index in [0.29, 0.717) is 0 Å². The van der Waals surface area contributed by atoms with Crippen molar-refractivity contribution in [3.63, 3.8) is 0 Å². The van der Waals surface area contributed by atoms with Gasteiger partial charge >= 0.3 is 0 Å². The summed E-state index contributed by atoms with van der Waals surface area (Å²) < 4.78 is 11.5. The van der Waals surface area contributed by atoms with Crippen molar-refractivity contribution in [3.8, 4) is 17.2 Å². The Morgan fingerprint density at radius 2 is 1.57 bits per heavy atom. The van der Waals surface area contributed by atoms with Gasteiger partial charge in [0.25, 0.3) is 0 Å². The van der Waals surface area contributed by atoms with Gasteiger partial charge in [0, 0.05) is 16.0 Å². The number of benzene rings is 3. The molecule has 0 bridgehead atoms. The van der Waals surface area contributed by atoms with Crippen molar-refractivity contribution in [1.29, 1.82) is 0 Å². The van der Waals surface area contributed by atoms with Gasteiger partial charge < -0.3 is 9.47 Å². The van der Waals surface area contributed by atoms with E-state index in [-0.39, 0.29) is 5.25 Å². The summed E-state index contributed by atoms with van der Waals surface area (Å²) in [7, 11) is 1.69. The highest BCUT2D eigenvalue weighted by atomic mass is 32.2. The van der Waals surface area contributed by atoms with Crippen molar-refractivity contribution in [3.05, 3.63) is 83.9 Å². The zero-order chi connectivity index (χ0) is 15.6. The third kappa shape index (κ3) is 2.68. The van der Waals surface area contributed by atoms with Crippen LogP contribution in [0.25, 0.3) is 0 Å². The van der Waals surface area contributed by atoms with E-state index in [1.807, 2.05) is 42.1 Å². The van der Waals surface area contributed by atoms with Crippen molar-refractivity contribution in [2.75, 3.05) is 7.11 Å². The molecular weight excluding hydrogens is 304 g/mol. The second-order valence-corrected chi connectivity index (χ2v) is 6.53. The van der Waals surface area contributed by atoms with Crippen molar-refractivity contribution in [2.24, 2.45) is 0 Å². The van der Waals surface area contributed by atoms with Crippen LogP contribution in [0.4, 0.5) is 0 Å². The van der Waals surface area contributed by atoms with E-state index < -0.39 is 0 Å². The molecule has 1 unspecified atom stereocenters. The first-order valence-electron chi connectivity index (χ1n) is 7.51. The Morgan fingerprint density at radius 1 is 0.826 bits per heavy atom. The first-order chi connectivity index (χ1) is 11.3. The van der Waals surface area contributed by atoms with Gasteiger partial charge in [0.2, 0.25) is 0 Å². The van der Waals surface area contributed by atoms with Crippen LogP contribution in [-0.4, -0.2) is 7.11 Å². The number of fused-ring (bicyclic) bond motifs is 2. The van der Waals surface area contributed by atoms with Crippen molar-refractivity contribution in [2.45, 2.75) is 10.1 Å². The van der Waals surface area contributed by atoms with Crippen LogP contribution in [0.3, 0.4) is 0 Å². The summed E-state index contributed by atoms with van der Waals surface area (Å²) >= 11 is 1.83. The lowest BCUT2D eigenvalue weighted by Gasteiger charge is -2.28. The maximum Gasteiger partial charge on any atom is 0.132 e.